The molecule has 4 aliphatic rings. The van der Waals surface area contributed by atoms with Gasteiger partial charge in [0.1, 0.15) is 11.4 Å². The first-order valence-electron chi connectivity index (χ1n) is 12.5. The molecule has 6 nitrogen and oxygen atoms in total. The minimum absolute atomic E-state index is 0.101. The maximum Gasteiger partial charge on any atom is 0.268 e. The van der Waals surface area contributed by atoms with Crippen molar-refractivity contribution in [3.05, 3.63) is 74.7 Å². The first-order valence-corrected chi connectivity index (χ1v) is 12.5. The average Bonchev–Trinajstić information content (AvgIpc) is 3.61. The normalized spacial score (nSPS) is 28.6. The Morgan fingerprint density at radius 3 is 2.82 bits per heavy atom. The molecule has 1 aromatic heterocycles. The van der Waals surface area contributed by atoms with Gasteiger partial charge in [-0.05, 0) is 80.8 Å². The Kier molecular flexibility index (Phi) is 4.82. The summed E-state index contributed by atoms with van der Waals surface area (Å²) < 4.78 is 1.69. The Labute approximate surface area is 200 Å². The van der Waals surface area contributed by atoms with Crippen molar-refractivity contribution in [1.29, 1.82) is 0 Å². The number of benzene rings is 1. The zero-order chi connectivity index (χ0) is 23.8. The van der Waals surface area contributed by atoms with Crippen molar-refractivity contribution in [1.82, 2.24) is 14.8 Å². The maximum atomic E-state index is 13.2. The van der Waals surface area contributed by atoms with Crippen LogP contribution in [-0.4, -0.2) is 45.7 Å². The predicted octanol–water partition coefficient (Wildman–Crippen LogP) is 3.13. The molecule has 4 unspecified atom stereocenters. The molecule has 0 spiro atoms. The molecule has 1 aliphatic heterocycles. The molecular formula is C28H33N3O3. The lowest BCUT2D eigenvalue weighted by atomic mass is 9.44. The largest absolute Gasteiger partial charge is 0.508 e. The second-order valence-corrected chi connectivity index (χ2v) is 10.9. The van der Waals surface area contributed by atoms with Crippen LogP contribution >= 0.6 is 0 Å². The number of aryl methyl sites for hydroxylation is 1. The number of aromatic hydroxyl groups is 1. The average molecular weight is 460 g/mol. The number of hydrogen-bond acceptors (Lipinski definition) is 4. The van der Waals surface area contributed by atoms with E-state index in [0.717, 1.165) is 25.3 Å². The van der Waals surface area contributed by atoms with Crippen molar-refractivity contribution in [3.63, 3.8) is 0 Å². The molecule has 2 bridgehead atoms. The molecule has 0 radical (unpaired) electrons. The van der Waals surface area contributed by atoms with Crippen LogP contribution in [0, 0.1) is 11.8 Å². The molecule has 6 rings (SSSR count). The van der Waals surface area contributed by atoms with Gasteiger partial charge in [0.15, 0.2) is 5.43 Å². The zero-order valence-electron chi connectivity index (χ0n) is 20.2. The van der Waals surface area contributed by atoms with E-state index in [-0.39, 0.29) is 28.7 Å². The fraction of sp³-hybridized carbons (Fsp3) is 0.500. The van der Waals surface area contributed by atoms with E-state index in [4.69, 9.17) is 0 Å². The summed E-state index contributed by atoms with van der Waals surface area (Å²) in [5, 5.41) is 13.6. The lowest BCUT2D eigenvalue weighted by molar-refractivity contribution is 0.0666. The fourth-order valence-corrected chi connectivity index (χ4v) is 7.32. The van der Waals surface area contributed by atoms with E-state index >= 15 is 0 Å². The second-order valence-electron chi connectivity index (χ2n) is 10.9. The van der Waals surface area contributed by atoms with Gasteiger partial charge in [-0.2, -0.15) is 0 Å². The van der Waals surface area contributed by atoms with Gasteiger partial charge in [-0.1, -0.05) is 11.6 Å². The van der Waals surface area contributed by atoms with Crippen molar-refractivity contribution >= 4 is 5.91 Å². The standard InChI is InChI=1S/C28H33N3O3/c1-16-25(17(2)29-27(34)24-14-21(33)8-10-30(24)3)28-9-11-31(15-18-4-5-18)23(26(16)28)12-19-6-7-20(32)13-22(19)28/h6-8,10,13-14,17-18,23,25,32H,4-5,9,11-12,15H2,1-3H3,(H,29,34). The van der Waals surface area contributed by atoms with Crippen LogP contribution in [0.1, 0.15) is 54.7 Å². The van der Waals surface area contributed by atoms with E-state index in [1.807, 2.05) is 12.1 Å². The van der Waals surface area contributed by atoms with Gasteiger partial charge in [0, 0.05) is 55.3 Å². The van der Waals surface area contributed by atoms with Crippen LogP contribution in [0.5, 0.6) is 5.75 Å². The van der Waals surface area contributed by atoms with Gasteiger partial charge in [0.05, 0.1) is 0 Å². The molecule has 4 atom stereocenters. The summed E-state index contributed by atoms with van der Waals surface area (Å²) in [4.78, 5) is 27.7. The molecule has 1 saturated heterocycles. The molecule has 1 saturated carbocycles. The number of nitrogens with zero attached hydrogens (tertiary/aromatic N) is 2. The van der Waals surface area contributed by atoms with Crippen LogP contribution in [-0.2, 0) is 18.9 Å². The fourth-order valence-electron chi connectivity index (χ4n) is 7.32. The topological polar surface area (TPSA) is 74.6 Å². The monoisotopic (exact) mass is 459 g/mol. The first kappa shape index (κ1) is 21.7. The third-order valence-corrected chi connectivity index (χ3v) is 8.86. The highest BCUT2D eigenvalue weighted by molar-refractivity contribution is 5.92. The molecule has 2 N–H and O–H groups in total. The minimum atomic E-state index is -0.222. The zero-order valence-corrected chi connectivity index (χ0v) is 20.2. The first-order chi connectivity index (χ1) is 16.3. The second kappa shape index (κ2) is 7.57. The van der Waals surface area contributed by atoms with Crippen molar-refractivity contribution in [2.75, 3.05) is 13.1 Å². The number of carbonyl (C=O) groups excluding carboxylic acids is 1. The molecule has 1 aromatic carbocycles. The van der Waals surface area contributed by atoms with Gasteiger partial charge < -0.3 is 15.0 Å². The number of likely N-dealkylation sites (tertiary alicyclic amines) is 1. The van der Waals surface area contributed by atoms with E-state index < -0.39 is 0 Å². The number of nitrogens with one attached hydrogen (secondary N) is 1. The summed E-state index contributed by atoms with van der Waals surface area (Å²) in [6.07, 6.45) is 6.34. The Hall–Kier alpha value is -2.86. The van der Waals surface area contributed by atoms with Crippen molar-refractivity contribution < 1.29 is 9.90 Å². The van der Waals surface area contributed by atoms with E-state index in [0.29, 0.717) is 17.5 Å². The molecule has 178 valence electrons. The molecule has 2 aromatic rings. The Balaban J connectivity index is 1.37. The summed E-state index contributed by atoms with van der Waals surface area (Å²) in [5.41, 5.74) is 5.54. The number of rotatable bonds is 5. The van der Waals surface area contributed by atoms with Crippen molar-refractivity contribution in [2.45, 2.75) is 57.0 Å². The summed E-state index contributed by atoms with van der Waals surface area (Å²) >= 11 is 0. The SMILES string of the molecule is CC1=C2C3Cc4ccc(O)cc4C2(CCN3CC2CC2)C1C(C)NC(=O)c1cc(=O)ccn1C. The van der Waals surface area contributed by atoms with Gasteiger partial charge in [-0.15, -0.1) is 0 Å². The number of phenolic OH excluding ortho intramolecular Hbond substituents is 1. The van der Waals surface area contributed by atoms with Crippen molar-refractivity contribution in [3.8, 4) is 5.75 Å². The van der Waals surface area contributed by atoms with Crippen LogP contribution in [0.15, 0.2) is 52.5 Å². The van der Waals surface area contributed by atoms with Crippen LogP contribution in [0.25, 0.3) is 0 Å². The lowest BCUT2D eigenvalue weighted by Gasteiger charge is -2.64. The third kappa shape index (κ3) is 3.11. The van der Waals surface area contributed by atoms with E-state index in [9.17, 15) is 14.7 Å². The number of carbonyl (C=O) groups is 1. The quantitative estimate of drug-likeness (QED) is 0.674. The number of phenols is 1. The van der Waals surface area contributed by atoms with Gasteiger partial charge >= 0.3 is 0 Å². The molecule has 34 heavy (non-hydrogen) atoms. The highest BCUT2D eigenvalue weighted by Gasteiger charge is 2.62. The lowest BCUT2D eigenvalue weighted by Crippen LogP contribution is -2.66. The van der Waals surface area contributed by atoms with Crippen LogP contribution in [0.3, 0.4) is 0 Å². The molecule has 2 heterocycles. The summed E-state index contributed by atoms with van der Waals surface area (Å²) in [6.45, 7) is 6.56. The number of piperidine rings is 1. The molecule has 6 heteroatoms. The van der Waals surface area contributed by atoms with E-state index in [1.54, 1.807) is 17.8 Å². The molecular weight excluding hydrogens is 426 g/mol. The molecule has 1 amide bonds. The summed E-state index contributed by atoms with van der Waals surface area (Å²) in [5.74, 6) is 1.10. The number of amides is 1. The number of aromatic nitrogens is 1. The molecule has 2 fully saturated rings. The smallest absolute Gasteiger partial charge is 0.268 e. The van der Waals surface area contributed by atoms with E-state index in [1.165, 1.54) is 53.8 Å². The van der Waals surface area contributed by atoms with Gasteiger partial charge in [-0.3, -0.25) is 14.5 Å². The molecule has 3 aliphatic carbocycles. The van der Waals surface area contributed by atoms with Gasteiger partial charge in [0.25, 0.3) is 5.91 Å². The van der Waals surface area contributed by atoms with E-state index in [2.05, 4.69) is 30.1 Å². The Morgan fingerprint density at radius 1 is 1.26 bits per heavy atom. The number of fused-ring (bicyclic) bond motifs is 1. The maximum absolute atomic E-state index is 13.2. The Bertz CT molecular complexity index is 1270. The number of hydrogen-bond donors (Lipinski definition) is 2. The highest BCUT2D eigenvalue weighted by atomic mass is 16.3. The van der Waals surface area contributed by atoms with Crippen LogP contribution in [0.4, 0.5) is 0 Å². The van der Waals surface area contributed by atoms with Crippen LogP contribution in [0.2, 0.25) is 0 Å². The predicted molar refractivity (Wildman–Crippen MR) is 131 cm³/mol. The highest BCUT2D eigenvalue weighted by Crippen LogP contribution is 2.64. The minimum Gasteiger partial charge on any atom is -0.508 e. The number of pyridine rings is 1. The van der Waals surface area contributed by atoms with Crippen LogP contribution < -0.4 is 10.7 Å². The van der Waals surface area contributed by atoms with Gasteiger partial charge in [-0.25, -0.2) is 0 Å². The summed E-state index contributed by atoms with van der Waals surface area (Å²) in [7, 11) is 1.78. The summed E-state index contributed by atoms with van der Waals surface area (Å²) in [6, 6.07) is 9.06. The third-order valence-electron chi connectivity index (χ3n) is 8.86. The van der Waals surface area contributed by atoms with Crippen molar-refractivity contribution in [2.24, 2.45) is 18.9 Å². The Morgan fingerprint density at radius 2 is 2.06 bits per heavy atom. The van der Waals surface area contributed by atoms with Gasteiger partial charge in [0.2, 0.25) is 0 Å².